The van der Waals surface area contributed by atoms with Crippen molar-refractivity contribution in [2.75, 3.05) is 18.6 Å². The zero-order valence-electron chi connectivity index (χ0n) is 21.6. The van der Waals surface area contributed by atoms with Crippen LogP contribution in [0.2, 0.25) is 0 Å². The number of likely N-dealkylation sites (N-methyl/N-ethyl adjacent to an activating group) is 1. The maximum atomic E-state index is 13.2. The molecule has 2 fully saturated rings. The summed E-state index contributed by atoms with van der Waals surface area (Å²) in [6.07, 6.45) is 8.66. The first kappa shape index (κ1) is 25.1. The summed E-state index contributed by atoms with van der Waals surface area (Å²) in [6.45, 7) is -0.0432. The minimum Gasteiger partial charge on any atom is -0.489 e. The zero-order chi connectivity index (χ0) is 27.2. The molecule has 39 heavy (non-hydrogen) atoms. The number of fused-ring (bicyclic) bond motifs is 1. The van der Waals surface area contributed by atoms with Gasteiger partial charge in [0.2, 0.25) is 0 Å². The molecular weight excluding hydrogens is 499 g/mol. The molecule has 1 aromatic heterocycles. The van der Waals surface area contributed by atoms with Gasteiger partial charge in [0.15, 0.2) is 0 Å². The fraction of sp³-hybridized carbons (Fsp3) is 0.367. The van der Waals surface area contributed by atoms with Crippen LogP contribution in [0, 0.1) is 23.1 Å². The number of hydrogen-bond donors (Lipinski definition) is 2. The first-order valence-corrected chi connectivity index (χ1v) is 13.1. The van der Waals surface area contributed by atoms with Crippen LogP contribution in [0.15, 0.2) is 54.9 Å². The zero-order valence-corrected chi connectivity index (χ0v) is 21.6. The van der Waals surface area contributed by atoms with E-state index in [0.717, 1.165) is 28.7 Å². The van der Waals surface area contributed by atoms with Gasteiger partial charge >= 0.3 is 6.03 Å². The lowest BCUT2D eigenvalue weighted by molar-refractivity contribution is -0.126. The number of hydrogen-bond acceptors (Lipinski definition) is 5. The fourth-order valence-electron chi connectivity index (χ4n) is 5.79. The second kappa shape index (κ2) is 9.54. The van der Waals surface area contributed by atoms with Gasteiger partial charge in [0.25, 0.3) is 5.91 Å². The standard InChI is InChI=1S/C30H29FN4O4/c1-34-25-14-21(9-12-30(38)18-29(19-30)10-2-11-29)5-8-26(25)39-17-24(27(34)36)33-28(37)35-16-22(15-32-35)13-20-3-6-23(31)7-4-20/h3-8,14-16,24,38H,2,10-11,13,17-19H2,1H3,(H,33,37)/t24-/m1/s1. The third kappa shape index (κ3) is 5.00. The van der Waals surface area contributed by atoms with E-state index in [1.54, 1.807) is 49.8 Å². The van der Waals surface area contributed by atoms with E-state index in [1.165, 1.54) is 36.3 Å². The molecule has 3 aliphatic rings. The first-order chi connectivity index (χ1) is 18.7. The van der Waals surface area contributed by atoms with Gasteiger partial charge in [-0.05, 0) is 72.6 Å². The number of halogens is 1. The number of carbonyl (C=O) groups excluding carboxylic acids is 2. The van der Waals surface area contributed by atoms with Crippen LogP contribution < -0.4 is 15.0 Å². The lowest BCUT2D eigenvalue weighted by Crippen LogP contribution is -2.54. The van der Waals surface area contributed by atoms with Gasteiger partial charge in [0.05, 0.1) is 11.9 Å². The molecule has 2 heterocycles. The topological polar surface area (TPSA) is 96.7 Å². The molecule has 2 aromatic carbocycles. The first-order valence-electron chi connectivity index (χ1n) is 13.1. The molecule has 2 amide bonds. The van der Waals surface area contributed by atoms with E-state index in [0.29, 0.717) is 28.8 Å². The van der Waals surface area contributed by atoms with Crippen LogP contribution in [0.1, 0.15) is 48.8 Å². The van der Waals surface area contributed by atoms with E-state index in [9.17, 15) is 19.1 Å². The second-order valence-corrected chi connectivity index (χ2v) is 11.0. The Balaban J connectivity index is 1.11. The lowest BCUT2D eigenvalue weighted by Gasteiger charge is -2.56. The number of aliphatic hydroxyl groups is 1. The number of rotatable bonds is 3. The molecule has 3 aromatic rings. The summed E-state index contributed by atoms with van der Waals surface area (Å²) in [5.41, 5.74) is 2.24. The van der Waals surface area contributed by atoms with Crippen molar-refractivity contribution < 1.29 is 23.8 Å². The summed E-state index contributed by atoms with van der Waals surface area (Å²) in [5, 5.41) is 17.5. The third-order valence-corrected chi connectivity index (χ3v) is 8.01. The van der Waals surface area contributed by atoms with Gasteiger partial charge in [-0.3, -0.25) is 4.79 Å². The van der Waals surface area contributed by atoms with Gasteiger partial charge in [-0.2, -0.15) is 9.78 Å². The van der Waals surface area contributed by atoms with E-state index in [2.05, 4.69) is 22.3 Å². The molecule has 2 N–H and O–H groups in total. The Hall–Kier alpha value is -4.16. The van der Waals surface area contributed by atoms with E-state index < -0.39 is 17.7 Å². The van der Waals surface area contributed by atoms with E-state index in [4.69, 9.17) is 4.74 Å². The summed E-state index contributed by atoms with van der Waals surface area (Å²) in [4.78, 5) is 27.6. The van der Waals surface area contributed by atoms with Gasteiger partial charge < -0.3 is 20.1 Å². The van der Waals surface area contributed by atoms with Crippen molar-refractivity contribution in [3.63, 3.8) is 0 Å². The third-order valence-electron chi connectivity index (χ3n) is 8.01. The number of ether oxygens (including phenoxy) is 1. The summed E-state index contributed by atoms with van der Waals surface area (Å²) in [6, 6.07) is 9.95. The van der Waals surface area contributed by atoms with Crippen LogP contribution in [0.4, 0.5) is 14.9 Å². The molecule has 0 unspecified atom stereocenters. The molecule has 0 saturated heterocycles. The molecule has 6 rings (SSSR count). The van der Waals surface area contributed by atoms with Crippen LogP contribution >= 0.6 is 0 Å². The van der Waals surface area contributed by atoms with Crippen LogP contribution in [0.5, 0.6) is 5.75 Å². The highest BCUT2D eigenvalue weighted by molar-refractivity contribution is 6.00. The largest absolute Gasteiger partial charge is 0.489 e. The summed E-state index contributed by atoms with van der Waals surface area (Å²) in [7, 11) is 1.63. The quantitative estimate of drug-likeness (QED) is 0.506. The SMILES string of the molecule is CN1C(=O)[C@H](NC(=O)n2cc(Cc3ccc(F)cc3)cn2)COc2ccc(C#CC3(O)CC4(CCC4)C3)cc21. The van der Waals surface area contributed by atoms with Crippen LogP contribution in [-0.4, -0.2) is 52.1 Å². The van der Waals surface area contributed by atoms with Gasteiger partial charge in [0, 0.05) is 25.2 Å². The molecule has 9 heteroatoms. The number of aromatic nitrogens is 2. The Labute approximate surface area is 225 Å². The molecule has 2 saturated carbocycles. The van der Waals surface area contributed by atoms with Crippen LogP contribution in [-0.2, 0) is 11.2 Å². The number of carbonyl (C=O) groups is 2. The Morgan fingerprint density at radius 2 is 1.97 bits per heavy atom. The van der Waals surface area contributed by atoms with Crippen molar-refractivity contribution in [1.29, 1.82) is 0 Å². The molecule has 0 bridgehead atoms. The molecular formula is C30H29FN4O4. The Bertz CT molecular complexity index is 1490. The summed E-state index contributed by atoms with van der Waals surface area (Å²) < 4.78 is 20.2. The molecule has 200 valence electrons. The van der Waals surface area contributed by atoms with Gasteiger partial charge in [0.1, 0.15) is 29.8 Å². The predicted molar refractivity (Wildman–Crippen MR) is 142 cm³/mol. The average molecular weight is 529 g/mol. The lowest BCUT2D eigenvalue weighted by atomic mass is 9.50. The van der Waals surface area contributed by atoms with Crippen LogP contribution in [0.3, 0.4) is 0 Å². The highest BCUT2D eigenvalue weighted by Gasteiger charge is 2.55. The summed E-state index contributed by atoms with van der Waals surface area (Å²) >= 11 is 0. The van der Waals surface area contributed by atoms with Crippen molar-refractivity contribution in [3.05, 3.63) is 77.4 Å². The fourth-order valence-corrected chi connectivity index (χ4v) is 5.79. The molecule has 1 atom stereocenters. The maximum absolute atomic E-state index is 13.2. The van der Waals surface area contributed by atoms with Crippen molar-refractivity contribution in [2.45, 2.75) is 50.2 Å². The predicted octanol–water partition coefficient (Wildman–Crippen LogP) is 3.64. The Morgan fingerprint density at radius 3 is 2.69 bits per heavy atom. The number of benzene rings is 2. The smallest absolute Gasteiger partial charge is 0.342 e. The minimum absolute atomic E-state index is 0.0432. The Morgan fingerprint density at radius 1 is 1.21 bits per heavy atom. The summed E-state index contributed by atoms with van der Waals surface area (Å²) in [5.74, 6) is 5.96. The number of anilines is 1. The van der Waals surface area contributed by atoms with Gasteiger partial charge in [-0.1, -0.05) is 30.4 Å². The highest BCUT2D eigenvalue weighted by Crippen LogP contribution is 2.60. The molecule has 2 aliphatic carbocycles. The maximum Gasteiger partial charge on any atom is 0.342 e. The molecule has 1 spiro atoms. The van der Waals surface area contributed by atoms with Crippen molar-refractivity contribution in [2.24, 2.45) is 5.41 Å². The number of amides is 2. The molecule has 8 nitrogen and oxygen atoms in total. The van der Waals surface area contributed by atoms with Crippen molar-refractivity contribution >= 4 is 17.6 Å². The van der Waals surface area contributed by atoms with E-state index in [1.807, 2.05) is 0 Å². The van der Waals surface area contributed by atoms with Gasteiger partial charge in [-0.15, -0.1) is 0 Å². The normalized spacial score (nSPS) is 20.4. The average Bonchev–Trinajstić information content (AvgIpc) is 3.32. The second-order valence-electron chi connectivity index (χ2n) is 11.0. The van der Waals surface area contributed by atoms with E-state index >= 15 is 0 Å². The number of nitrogens with one attached hydrogen (secondary N) is 1. The highest BCUT2D eigenvalue weighted by atomic mass is 19.1. The van der Waals surface area contributed by atoms with Crippen LogP contribution in [0.25, 0.3) is 0 Å². The van der Waals surface area contributed by atoms with Gasteiger partial charge in [-0.25, -0.2) is 9.18 Å². The van der Waals surface area contributed by atoms with Crippen molar-refractivity contribution in [3.8, 4) is 17.6 Å². The monoisotopic (exact) mass is 528 g/mol. The molecule has 0 radical (unpaired) electrons. The number of nitrogens with zero attached hydrogens (tertiary/aromatic N) is 3. The van der Waals surface area contributed by atoms with Crippen molar-refractivity contribution in [1.82, 2.24) is 15.1 Å². The Kier molecular flexibility index (Phi) is 6.15. The molecule has 1 aliphatic heterocycles. The van der Waals surface area contributed by atoms with E-state index in [-0.39, 0.29) is 18.3 Å². The minimum atomic E-state index is -0.938.